The molecule has 0 heterocycles. The molecule has 72 heavy (non-hydrogen) atoms. The Labute approximate surface area is 429 Å². The summed E-state index contributed by atoms with van der Waals surface area (Å²) in [5, 5.41) is 12.5. The molecule has 12 aromatic carbocycles. The van der Waals surface area contributed by atoms with Gasteiger partial charge >= 0.3 is 396 Å². The molecule has 0 unspecified atom stereocenters. The van der Waals surface area contributed by atoms with E-state index < -0.39 is 26.5 Å². The zero-order valence-electron chi connectivity index (χ0n) is 42.0. The minimum atomic E-state index is -2.01. The number of fused-ring (bicyclic) bond motifs is 7. The Hall–Kier alpha value is -7.37. The Morgan fingerprint density at radius 3 is 0.875 bits per heavy atom. The standard InChI is InChI=1S/C68H58Ge2N2/c1-69(2,3)53-29-39-57(40-30-53)71(59-37-23-47-15-7-9-17-51(47)43-59)55-33-25-49(26-34-55)65-45-67-64-22-14-12-20-62(64)66(46-68(67)63-21-13-11-19-61(63)65)50-27-35-56(36-28-50)72(58-41-31-54(32-42-58)70(4,5)6)60-38-24-48-16-8-10-18-52(48)44-60/h7-46H,1-6H3. The summed E-state index contributed by atoms with van der Waals surface area (Å²) in [6, 6.07) is 90.9. The third kappa shape index (κ3) is 8.57. The Morgan fingerprint density at radius 2 is 0.528 bits per heavy atom. The van der Waals surface area contributed by atoms with E-state index in [-0.39, 0.29) is 0 Å². The van der Waals surface area contributed by atoms with Crippen molar-refractivity contribution in [3.05, 3.63) is 243 Å². The summed E-state index contributed by atoms with van der Waals surface area (Å²) in [4.78, 5) is 4.81. The second kappa shape index (κ2) is 18.3. The van der Waals surface area contributed by atoms with Crippen molar-refractivity contribution in [2.45, 2.75) is 34.5 Å². The number of hydrogen-bond acceptors (Lipinski definition) is 2. The van der Waals surface area contributed by atoms with Crippen molar-refractivity contribution in [3.63, 3.8) is 0 Å². The number of benzene rings is 12. The van der Waals surface area contributed by atoms with Gasteiger partial charge in [0.1, 0.15) is 0 Å². The number of rotatable bonds is 10. The van der Waals surface area contributed by atoms with Gasteiger partial charge in [0, 0.05) is 0 Å². The molecule has 0 bridgehead atoms. The monoisotopic (exact) mass is 1050 g/mol. The summed E-state index contributed by atoms with van der Waals surface area (Å²) in [6.07, 6.45) is 0. The fourth-order valence-electron chi connectivity index (χ4n) is 10.8. The van der Waals surface area contributed by atoms with E-state index in [0.29, 0.717) is 0 Å². The Bertz CT molecular complexity index is 3710. The topological polar surface area (TPSA) is 6.48 Å². The fourth-order valence-corrected chi connectivity index (χ4v) is 15.7. The Balaban J connectivity index is 0.947. The van der Waals surface area contributed by atoms with Crippen LogP contribution >= 0.6 is 0 Å². The molecule has 348 valence electrons. The van der Waals surface area contributed by atoms with Crippen molar-refractivity contribution in [2.75, 3.05) is 9.80 Å². The molecule has 0 fully saturated rings. The van der Waals surface area contributed by atoms with Gasteiger partial charge in [-0.05, 0) is 0 Å². The first-order valence-corrected chi connectivity index (χ1v) is 40.0. The van der Waals surface area contributed by atoms with Crippen LogP contribution in [0.5, 0.6) is 0 Å². The van der Waals surface area contributed by atoms with Crippen LogP contribution < -0.4 is 18.6 Å². The average Bonchev–Trinajstić information content (AvgIpc) is 3.41. The zero-order chi connectivity index (χ0) is 49.1. The number of anilines is 6. The molecule has 0 aliphatic rings. The molecule has 0 aromatic heterocycles. The van der Waals surface area contributed by atoms with Gasteiger partial charge in [0.2, 0.25) is 0 Å². The van der Waals surface area contributed by atoms with Gasteiger partial charge in [-0.3, -0.25) is 0 Å². The first kappa shape index (κ1) is 45.7. The van der Waals surface area contributed by atoms with Crippen molar-refractivity contribution in [1.29, 1.82) is 0 Å². The summed E-state index contributed by atoms with van der Waals surface area (Å²) in [6.45, 7) is 0. The molecule has 12 aromatic rings. The van der Waals surface area contributed by atoms with Gasteiger partial charge in [-0.25, -0.2) is 0 Å². The van der Waals surface area contributed by atoms with Crippen molar-refractivity contribution in [3.8, 4) is 22.3 Å². The summed E-state index contributed by atoms with van der Waals surface area (Å²) in [5.41, 5.74) is 11.7. The Morgan fingerprint density at radius 1 is 0.236 bits per heavy atom. The van der Waals surface area contributed by atoms with Crippen LogP contribution in [0.15, 0.2) is 243 Å². The van der Waals surface area contributed by atoms with Crippen LogP contribution in [0.4, 0.5) is 34.1 Å². The molecule has 0 spiro atoms. The van der Waals surface area contributed by atoms with Crippen LogP contribution in [0.25, 0.3) is 76.1 Å². The molecule has 0 saturated heterocycles. The third-order valence-electron chi connectivity index (χ3n) is 14.7. The molecule has 0 aliphatic carbocycles. The predicted octanol–water partition coefficient (Wildman–Crippen LogP) is 18.8. The first-order chi connectivity index (χ1) is 34.9. The molecular weight excluding hydrogens is 990 g/mol. The van der Waals surface area contributed by atoms with Crippen molar-refractivity contribution in [2.24, 2.45) is 0 Å². The zero-order valence-corrected chi connectivity index (χ0v) is 46.2. The third-order valence-corrected chi connectivity index (χ3v) is 23.4. The maximum atomic E-state index is 2.46. The van der Waals surface area contributed by atoms with E-state index in [1.807, 2.05) is 0 Å². The number of hydrogen-bond donors (Lipinski definition) is 0. The molecule has 0 amide bonds. The van der Waals surface area contributed by atoms with Crippen LogP contribution in [-0.4, -0.2) is 26.5 Å². The molecule has 0 radical (unpaired) electrons. The second-order valence-corrected chi connectivity index (χ2v) is 42.8. The normalized spacial score (nSPS) is 12.0. The molecule has 4 heteroatoms. The molecule has 12 rings (SSSR count). The summed E-state index contributed by atoms with van der Waals surface area (Å²) in [7, 11) is 0. The van der Waals surface area contributed by atoms with E-state index >= 15 is 0 Å². The van der Waals surface area contributed by atoms with Crippen LogP contribution in [0, 0.1) is 0 Å². The minimum absolute atomic E-state index is 1.13. The van der Waals surface area contributed by atoms with E-state index in [2.05, 4.69) is 287 Å². The van der Waals surface area contributed by atoms with Gasteiger partial charge in [0.25, 0.3) is 0 Å². The Kier molecular flexibility index (Phi) is 11.7. The summed E-state index contributed by atoms with van der Waals surface area (Å²) in [5.74, 6) is 14.8. The van der Waals surface area contributed by atoms with Crippen molar-refractivity contribution >= 4 is 123 Å². The molecular formula is C68H58Ge2N2. The molecule has 2 nitrogen and oxygen atoms in total. The van der Waals surface area contributed by atoms with Crippen LogP contribution in [0.2, 0.25) is 34.5 Å². The predicted molar refractivity (Wildman–Crippen MR) is 320 cm³/mol. The van der Waals surface area contributed by atoms with Crippen molar-refractivity contribution in [1.82, 2.24) is 0 Å². The fraction of sp³-hybridized carbons (Fsp3) is 0.0882. The van der Waals surface area contributed by atoms with Crippen molar-refractivity contribution < 1.29 is 0 Å². The van der Waals surface area contributed by atoms with E-state index in [4.69, 9.17) is 0 Å². The van der Waals surface area contributed by atoms with Crippen LogP contribution in [0.1, 0.15) is 0 Å². The number of nitrogens with zero attached hydrogens (tertiary/aromatic N) is 2. The summed E-state index contributed by atoms with van der Waals surface area (Å²) >= 11 is -4.02. The molecule has 0 atom stereocenters. The SMILES string of the molecule is [CH3][Ge]([CH3])([CH3])[c]1ccc(N(c2ccc(-c3cc4c5ccccc5c(-c5ccc(N(c6cc[c]([Ge]([CH3])([CH3])[CH3])cc6)c6ccc7ccccc7c6)cc5)cc4c4ccccc34)cc2)c2ccc3ccccc3c2)cc1. The van der Waals surface area contributed by atoms with E-state index in [9.17, 15) is 0 Å². The van der Waals surface area contributed by atoms with Gasteiger partial charge in [-0.15, -0.1) is 0 Å². The maximum absolute atomic E-state index is 2.46. The van der Waals surface area contributed by atoms with E-state index in [0.717, 1.165) is 34.1 Å². The van der Waals surface area contributed by atoms with E-state index in [1.165, 1.54) is 84.9 Å². The first-order valence-electron chi connectivity index (χ1n) is 25.3. The van der Waals surface area contributed by atoms with E-state index in [1.54, 1.807) is 0 Å². The van der Waals surface area contributed by atoms with Gasteiger partial charge in [-0.2, -0.15) is 0 Å². The van der Waals surface area contributed by atoms with Gasteiger partial charge in [0.05, 0.1) is 0 Å². The molecule has 0 saturated carbocycles. The quantitative estimate of drug-likeness (QED) is 0.0995. The van der Waals surface area contributed by atoms with Gasteiger partial charge < -0.3 is 0 Å². The van der Waals surface area contributed by atoms with Crippen LogP contribution in [0.3, 0.4) is 0 Å². The van der Waals surface area contributed by atoms with Gasteiger partial charge in [-0.1, -0.05) is 36.4 Å². The molecule has 0 aliphatic heterocycles. The summed E-state index contributed by atoms with van der Waals surface area (Å²) < 4.78 is 3.01. The molecule has 0 N–H and O–H groups in total. The second-order valence-electron chi connectivity index (χ2n) is 21.5. The van der Waals surface area contributed by atoms with Crippen LogP contribution in [-0.2, 0) is 0 Å². The van der Waals surface area contributed by atoms with Gasteiger partial charge in [0.15, 0.2) is 0 Å². The average molecular weight is 1050 g/mol.